The molecule has 1 aliphatic rings. The van der Waals surface area contributed by atoms with E-state index in [1.54, 1.807) is 0 Å². The number of aliphatic imine (C=N–C) groups is 1. The SMILES string of the molecule is Brc1ccc(C=NC[C@H]2CO2)cc1. The average Bonchev–Trinajstić information content (AvgIpc) is 2.92. The smallest absolute Gasteiger partial charge is 0.100 e. The van der Waals surface area contributed by atoms with Gasteiger partial charge in [-0.05, 0) is 17.7 Å². The minimum absolute atomic E-state index is 0.381. The van der Waals surface area contributed by atoms with Gasteiger partial charge in [-0.1, -0.05) is 28.1 Å². The van der Waals surface area contributed by atoms with Gasteiger partial charge in [-0.15, -0.1) is 0 Å². The van der Waals surface area contributed by atoms with Crippen molar-refractivity contribution in [3.05, 3.63) is 34.3 Å². The van der Waals surface area contributed by atoms with E-state index in [4.69, 9.17) is 4.74 Å². The van der Waals surface area contributed by atoms with E-state index >= 15 is 0 Å². The number of halogens is 1. The Balaban J connectivity index is 1.92. The molecular weight excluding hydrogens is 230 g/mol. The van der Waals surface area contributed by atoms with Crippen molar-refractivity contribution in [1.82, 2.24) is 0 Å². The molecule has 2 rings (SSSR count). The van der Waals surface area contributed by atoms with Crippen LogP contribution in [-0.4, -0.2) is 25.5 Å². The van der Waals surface area contributed by atoms with E-state index in [-0.39, 0.29) is 0 Å². The molecule has 1 aromatic carbocycles. The van der Waals surface area contributed by atoms with Crippen LogP contribution in [0, 0.1) is 0 Å². The van der Waals surface area contributed by atoms with Gasteiger partial charge in [0, 0.05) is 10.7 Å². The Labute approximate surface area is 85.8 Å². The zero-order valence-electron chi connectivity index (χ0n) is 7.11. The third-order valence-electron chi connectivity index (χ3n) is 1.82. The predicted molar refractivity (Wildman–Crippen MR) is 56.3 cm³/mol. The van der Waals surface area contributed by atoms with Gasteiger partial charge in [0.25, 0.3) is 0 Å². The molecule has 0 unspecified atom stereocenters. The molecule has 0 saturated carbocycles. The molecule has 1 aromatic rings. The van der Waals surface area contributed by atoms with E-state index < -0.39 is 0 Å². The van der Waals surface area contributed by atoms with Crippen LogP contribution in [0.4, 0.5) is 0 Å². The molecule has 0 bridgehead atoms. The fourth-order valence-electron chi connectivity index (χ4n) is 0.998. The van der Waals surface area contributed by atoms with E-state index in [0.29, 0.717) is 6.10 Å². The van der Waals surface area contributed by atoms with Gasteiger partial charge < -0.3 is 4.74 Å². The molecule has 3 heteroatoms. The van der Waals surface area contributed by atoms with Gasteiger partial charge in [0.15, 0.2) is 0 Å². The average molecular weight is 240 g/mol. The van der Waals surface area contributed by atoms with Crippen LogP contribution in [0.5, 0.6) is 0 Å². The summed E-state index contributed by atoms with van der Waals surface area (Å²) < 4.78 is 6.14. The number of rotatable bonds is 3. The highest BCUT2D eigenvalue weighted by molar-refractivity contribution is 9.10. The van der Waals surface area contributed by atoms with Crippen LogP contribution in [0.15, 0.2) is 33.7 Å². The molecule has 0 amide bonds. The van der Waals surface area contributed by atoms with Crippen LogP contribution in [0.1, 0.15) is 5.56 Å². The maximum atomic E-state index is 5.04. The molecule has 68 valence electrons. The van der Waals surface area contributed by atoms with Crippen LogP contribution in [0.25, 0.3) is 0 Å². The lowest BCUT2D eigenvalue weighted by atomic mass is 10.2. The van der Waals surface area contributed by atoms with Crippen molar-refractivity contribution >= 4 is 22.1 Å². The van der Waals surface area contributed by atoms with Crippen LogP contribution < -0.4 is 0 Å². The van der Waals surface area contributed by atoms with Gasteiger partial charge in [-0.2, -0.15) is 0 Å². The maximum absolute atomic E-state index is 5.04. The minimum Gasteiger partial charge on any atom is -0.371 e. The first kappa shape index (κ1) is 8.91. The van der Waals surface area contributed by atoms with Gasteiger partial charge in [-0.25, -0.2) is 0 Å². The van der Waals surface area contributed by atoms with Crippen LogP contribution in [0.2, 0.25) is 0 Å². The number of hydrogen-bond donors (Lipinski definition) is 0. The Morgan fingerprint density at radius 2 is 2.15 bits per heavy atom. The van der Waals surface area contributed by atoms with Crippen molar-refractivity contribution in [1.29, 1.82) is 0 Å². The van der Waals surface area contributed by atoms with E-state index in [9.17, 15) is 0 Å². The number of benzene rings is 1. The van der Waals surface area contributed by atoms with Gasteiger partial charge in [-0.3, -0.25) is 4.99 Å². The second-order valence-corrected chi connectivity index (χ2v) is 3.92. The monoisotopic (exact) mass is 239 g/mol. The van der Waals surface area contributed by atoms with Crippen molar-refractivity contribution in [2.45, 2.75) is 6.10 Å². The molecule has 0 aliphatic carbocycles. The third-order valence-corrected chi connectivity index (χ3v) is 2.35. The summed E-state index contributed by atoms with van der Waals surface area (Å²) in [7, 11) is 0. The van der Waals surface area contributed by atoms with E-state index in [1.807, 2.05) is 30.5 Å². The molecule has 0 N–H and O–H groups in total. The number of ether oxygens (including phenoxy) is 1. The van der Waals surface area contributed by atoms with E-state index in [1.165, 1.54) is 0 Å². The lowest BCUT2D eigenvalue weighted by Crippen LogP contribution is -1.91. The molecular formula is C10H10BrNO. The quantitative estimate of drug-likeness (QED) is 0.587. The Morgan fingerprint density at radius 3 is 2.77 bits per heavy atom. The first-order chi connectivity index (χ1) is 6.34. The van der Waals surface area contributed by atoms with E-state index in [2.05, 4.69) is 20.9 Å². The first-order valence-corrected chi connectivity index (χ1v) is 5.01. The molecule has 13 heavy (non-hydrogen) atoms. The number of epoxide rings is 1. The van der Waals surface area contributed by atoms with Gasteiger partial charge in [0.2, 0.25) is 0 Å². The summed E-state index contributed by atoms with van der Waals surface area (Å²) in [5, 5.41) is 0. The Hall–Kier alpha value is -0.670. The lowest BCUT2D eigenvalue weighted by Gasteiger charge is -1.92. The molecule has 1 aliphatic heterocycles. The zero-order valence-corrected chi connectivity index (χ0v) is 8.70. The van der Waals surface area contributed by atoms with Crippen molar-refractivity contribution in [3.8, 4) is 0 Å². The van der Waals surface area contributed by atoms with Crippen molar-refractivity contribution in [3.63, 3.8) is 0 Å². The molecule has 0 spiro atoms. The fraction of sp³-hybridized carbons (Fsp3) is 0.300. The van der Waals surface area contributed by atoms with Crippen LogP contribution >= 0.6 is 15.9 Å². The normalized spacial score (nSPS) is 20.8. The maximum Gasteiger partial charge on any atom is 0.100 e. The first-order valence-electron chi connectivity index (χ1n) is 4.21. The van der Waals surface area contributed by atoms with Crippen LogP contribution in [0.3, 0.4) is 0 Å². The Morgan fingerprint density at radius 1 is 1.46 bits per heavy atom. The second-order valence-electron chi connectivity index (χ2n) is 3.00. The Kier molecular flexibility index (Phi) is 2.76. The number of nitrogens with zero attached hydrogens (tertiary/aromatic N) is 1. The largest absolute Gasteiger partial charge is 0.371 e. The lowest BCUT2D eigenvalue weighted by molar-refractivity contribution is 0.413. The molecule has 2 nitrogen and oxygen atoms in total. The van der Waals surface area contributed by atoms with Gasteiger partial charge in [0.1, 0.15) is 6.10 Å². The molecule has 1 atom stereocenters. The van der Waals surface area contributed by atoms with Gasteiger partial charge in [0.05, 0.1) is 13.2 Å². The highest BCUT2D eigenvalue weighted by atomic mass is 79.9. The zero-order chi connectivity index (χ0) is 9.10. The molecule has 0 aromatic heterocycles. The highest BCUT2D eigenvalue weighted by Gasteiger charge is 2.20. The third kappa shape index (κ3) is 2.94. The summed E-state index contributed by atoms with van der Waals surface area (Å²) in [6.45, 7) is 1.66. The van der Waals surface area contributed by atoms with Crippen molar-refractivity contribution in [2.24, 2.45) is 4.99 Å². The molecule has 0 radical (unpaired) electrons. The topological polar surface area (TPSA) is 24.9 Å². The highest BCUT2D eigenvalue weighted by Crippen LogP contribution is 2.10. The summed E-state index contributed by atoms with van der Waals surface area (Å²) in [5.41, 5.74) is 1.13. The Bertz CT molecular complexity index is 303. The van der Waals surface area contributed by atoms with E-state index in [0.717, 1.165) is 23.2 Å². The molecule has 1 saturated heterocycles. The number of hydrogen-bond acceptors (Lipinski definition) is 2. The summed E-state index contributed by atoms with van der Waals surface area (Å²) in [6.07, 6.45) is 2.26. The summed E-state index contributed by atoms with van der Waals surface area (Å²) >= 11 is 3.38. The standard InChI is InChI=1S/C10H10BrNO/c11-9-3-1-8(2-4-9)5-12-6-10-7-13-10/h1-5,10H,6-7H2/t10-/m0/s1. The molecule has 1 fully saturated rings. The molecule has 1 heterocycles. The van der Waals surface area contributed by atoms with Crippen molar-refractivity contribution in [2.75, 3.05) is 13.2 Å². The van der Waals surface area contributed by atoms with Crippen molar-refractivity contribution < 1.29 is 4.74 Å². The van der Waals surface area contributed by atoms with Crippen LogP contribution in [-0.2, 0) is 4.74 Å². The minimum atomic E-state index is 0.381. The fourth-order valence-corrected chi connectivity index (χ4v) is 1.26. The summed E-state index contributed by atoms with van der Waals surface area (Å²) in [4.78, 5) is 4.27. The van der Waals surface area contributed by atoms with Gasteiger partial charge >= 0.3 is 0 Å². The summed E-state index contributed by atoms with van der Waals surface area (Å²) in [6, 6.07) is 8.08. The summed E-state index contributed by atoms with van der Waals surface area (Å²) in [5.74, 6) is 0. The second kappa shape index (κ2) is 4.03. The predicted octanol–water partition coefficient (Wildman–Crippen LogP) is 2.27.